The molecule has 1 fully saturated rings. The van der Waals surface area contributed by atoms with Crippen LogP contribution in [0.25, 0.3) is 0 Å². The number of benzene rings is 1. The molecule has 0 spiro atoms. The highest BCUT2D eigenvalue weighted by Crippen LogP contribution is 2.45. The van der Waals surface area contributed by atoms with E-state index in [1.54, 1.807) is 24.3 Å². The van der Waals surface area contributed by atoms with E-state index in [4.69, 9.17) is 16.7 Å². The second-order valence-electron chi connectivity index (χ2n) is 5.48. The second-order valence-corrected chi connectivity index (χ2v) is 7.02. The molecule has 0 saturated carbocycles. The summed E-state index contributed by atoms with van der Waals surface area (Å²) in [5.74, 6) is -2.07. The molecule has 0 bridgehead atoms. The number of carboxylic acid groups (broad SMARTS) is 1. The zero-order chi connectivity index (χ0) is 18.0. The fourth-order valence-electron chi connectivity index (χ4n) is 2.52. The van der Waals surface area contributed by atoms with Gasteiger partial charge < -0.3 is 10.0 Å². The lowest BCUT2D eigenvalue weighted by molar-refractivity contribution is -0.227. The van der Waals surface area contributed by atoms with Crippen LogP contribution in [-0.4, -0.2) is 46.9 Å². The fourth-order valence-corrected chi connectivity index (χ4v) is 3.69. The molecule has 1 saturated heterocycles. The van der Waals surface area contributed by atoms with Gasteiger partial charge in [-0.05, 0) is 18.6 Å². The average Bonchev–Trinajstić information content (AvgIpc) is 2.95. The van der Waals surface area contributed by atoms with Crippen molar-refractivity contribution in [2.75, 3.05) is 18.8 Å². The third-order valence-electron chi connectivity index (χ3n) is 3.98. The maximum absolute atomic E-state index is 13.1. The van der Waals surface area contributed by atoms with Crippen molar-refractivity contribution in [1.82, 2.24) is 4.90 Å². The standard InChI is InChI=1S/C15H15ClF3NO3S/c16-10-3-1-2-4-11(10)24-8-5-12(21)20-7-6-14(9-20,13(22)23)15(17,18)19/h1-4H,5-9H2,(H,22,23). The molecule has 2 rings (SSSR count). The number of likely N-dealkylation sites (tertiary alicyclic amines) is 1. The van der Waals surface area contributed by atoms with E-state index in [0.717, 1.165) is 9.80 Å². The van der Waals surface area contributed by atoms with Gasteiger partial charge >= 0.3 is 12.1 Å². The number of carbonyl (C=O) groups is 2. The van der Waals surface area contributed by atoms with Crippen LogP contribution in [0.15, 0.2) is 29.2 Å². The van der Waals surface area contributed by atoms with Gasteiger partial charge in [0.05, 0.1) is 5.02 Å². The first kappa shape index (κ1) is 18.9. The van der Waals surface area contributed by atoms with Crippen LogP contribution in [0.2, 0.25) is 5.02 Å². The number of carboxylic acids is 1. The van der Waals surface area contributed by atoms with Crippen molar-refractivity contribution in [2.45, 2.75) is 23.9 Å². The van der Waals surface area contributed by atoms with Crippen LogP contribution >= 0.6 is 23.4 Å². The number of alkyl halides is 3. The third kappa shape index (κ3) is 3.80. The monoisotopic (exact) mass is 381 g/mol. The van der Waals surface area contributed by atoms with Crippen LogP contribution in [0.4, 0.5) is 13.2 Å². The fraction of sp³-hybridized carbons (Fsp3) is 0.467. The summed E-state index contributed by atoms with van der Waals surface area (Å²) in [4.78, 5) is 24.9. The second kappa shape index (κ2) is 7.23. The summed E-state index contributed by atoms with van der Waals surface area (Å²) in [5.41, 5.74) is -2.86. The van der Waals surface area contributed by atoms with E-state index in [9.17, 15) is 22.8 Å². The maximum Gasteiger partial charge on any atom is 0.406 e. The van der Waals surface area contributed by atoms with E-state index < -0.39 is 36.4 Å². The molecule has 1 N–H and O–H groups in total. The molecule has 1 amide bonds. The summed E-state index contributed by atoms with van der Waals surface area (Å²) in [6.07, 6.45) is -5.49. The highest BCUT2D eigenvalue weighted by molar-refractivity contribution is 7.99. The van der Waals surface area contributed by atoms with Gasteiger partial charge in [-0.15, -0.1) is 11.8 Å². The third-order valence-corrected chi connectivity index (χ3v) is 5.50. The molecule has 1 atom stereocenters. The summed E-state index contributed by atoms with van der Waals surface area (Å²) in [5, 5.41) is 9.52. The SMILES string of the molecule is O=C(CCSc1ccccc1Cl)N1CCC(C(=O)O)(C(F)(F)F)C1. The number of hydrogen-bond donors (Lipinski definition) is 1. The minimum absolute atomic E-state index is 0.0173. The summed E-state index contributed by atoms with van der Waals surface area (Å²) >= 11 is 7.31. The smallest absolute Gasteiger partial charge is 0.406 e. The number of hydrogen-bond acceptors (Lipinski definition) is 3. The van der Waals surface area contributed by atoms with E-state index in [1.807, 2.05) is 0 Å². The zero-order valence-corrected chi connectivity index (χ0v) is 14.0. The van der Waals surface area contributed by atoms with Crippen molar-refractivity contribution in [3.05, 3.63) is 29.3 Å². The number of halogens is 4. The van der Waals surface area contributed by atoms with Gasteiger partial charge in [0.15, 0.2) is 5.41 Å². The van der Waals surface area contributed by atoms with Crippen LogP contribution in [0.5, 0.6) is 0 Å². The maximum atomic E-state index is 13.1. The lowest BCUT2D eigenvalue weighted by atomic mass is 9.86. The Balaban J connectivity index is 1.92. The molecular formula is C15H15ClF3NO3S. The molecule has 1 aromatic carbocycles. The summed E-state index contributed by atoms with van der Waals surface area (Å²) in [7, 11) is 0. The lowest BCUT2D eigenvalue weighted by Gasteiger charge is -2.27. The van der Waals surface area contributed by atoms with E-state index in [2.05, 4.69) is 0 Å². The lowest BCUT2D eigenvalue weighted by Crippen LogP contribution is -2.47. The van der Waals surface area contributed by atoms with Gasteiger partial charge in [0, 0.05) is 30.2 Å². The van der Waals surface area contributed by atoms with Crippen molar-refractivity contribution in [1.29, 1.82) is 0 Å². The van der Waals surface area contributed by atoms with Gasteiger partial charge in [-0.1, -0.05) is 23.7 Å². The van der Waals surface area contributed by atoms with Crippen molar-refractivity contribution < 1.29 is 27.9 Å². The van der Waals surface area contributed by atoms with E-state index in [-0.39, 0.29) is 13.0 Å². The number of aliphatic carboxylic acids is 1. The molecule has 132 valence electrons. The molecule has 1 aliphatic rings. The van der Waals surface area contributed by atoms with Crippen molar-refractivity contribution in [2.24, 2.45) is 5.41 Å². The molecule has 24 heavy (non-hydrogen) atoms. The van der Waals surface area contributed by atoms with Crippen LogP contribution in [0, 0.1) is 5.41 Å². The van der Waals surface area contributed by atoms with Crippen molar-refractivity contribution >= 4 is 35.2 Å². The predicted octanol–water partition coefficient (Wildman–Crippen LogP) is 3.69. The minimum atomic E-state index is -4.89. The quantitative estimate of drug-likeness (QED) is 0.790. The number of thioether (sulfide) groups is 1. The molecule has 0 aromatic heterocycles. The first-order valence-corrected chi connectivity index (χ1v) is 8.49. The molecule has 1 aromatic rings. The van der Waals surface area contributed by atoms with Crippen molar-refractivity contribution in [3.8, 4) is 0 Å². The summed E-state index contributed by atoms with van der Waals surface area (Å²) < 4.78 is 39.3. The molecule has 1 aliphatic heterocycles. The average molecular weight is 382 g/mol. The Bertz CT molecular complexity index is 641. The number of carbonyl (C=O) groups excluding carboxylic acids is 1. The van der Waals surface area contributed by atoms with Crippen molar-refractivity contribution in [3.63, 3.8) is 0 Å². The molecule has 1 heterocycles. The minimum Gasteiger partial charge on any atom is -0.481 e. The van der Waals surface area contributed by atoms with Crippen LogP contribution in [-0.2, 0) is 9.59 Å². The van der Waals surface area contributed by atoms with Crippen LogP contribution < -0.4 is 0 Å². The zero-order valence-electron chi connectivity index (χ0n) is 12.5. The van der Waals surface area contributed by atoms with Gasteiger partial charge in [-0.2, -0.15) is 13.2 Å². The van der Waals surface area contributed by atoms with Crippen LogP contribution in [0.3, 0.4) is 0 Å². The molecule has 0 radical (unpaired) electrons. The Morgan fingerprint density at radius 2 is 2.00 bits per heavy atom. The highest BCUT2D eigenvalue weighted by Gasteiger charge is 2.64. The predicted molar refractivity (Wildman–Crippen MR) is 84.1 cm³/mol. The largest absolute Gasteiger partial charge is 0.481 e. The first-order valence-electron chi connectivity index (χ1n) is 7.12. The Morgan fingerprint density at radius 1 is 1.33 bits per heavy atom. The Hall–Kier alpha value is -1.41. The van der Waals surface area contributed by atoms with Gasteiger partial charge in [0.1, 0.15) is 0 Å². The van der Waals surface area contributed by atoms with Gasteiger partial charge in [0.2, 0.25) is 5.91 Å². The molecular weight excluding hydrogens is 367 g/mol. The van der Waals surface area contributed by atoms with E-state index >= 15 is 0 Å². The van der Waals surface area contributed by atoms with E-state index in [1.165, 1.54) is 11.8 Å². The Labute approximate surface area is 146 Å². The van der Waals surface area contributed by atoms with Gasteiger partial charge in [0.25, 0.3) is 0 Å². The normalized spacial score (nSPS) is 21.1. The molecule has 0 aliphatic carbocycles. The number of amides is 1. The highest BCUT2D eigenvalue weighted by atomic mass is 35.5. The van der Waals surface area contributed by atoms with Gasteiger partial charge in [-0.25, -0.2) is 0 Å². The molecule has 4 nitrogen and oxygen atoms in total. The summed E-state index contributed by atoms with van der Waals surface area (Å²) in [6, 6.07) is 7.05. The summed E-state index contributed by atoms with van der Waals surface area (Å²) in [6.45, 7) is -1.04. The number of nitrogens with zero attached hydrogens (tertiary/aromatic N) is 1. The number of rotatable bonds is 5. The first-order chi connectivity index (χ1) is 11.2. The Kier molecular flexibility index (Phi) is 5.70. The molecule has 9 heteroatoms. The Morgan fingerprint density at radius 3 is 2.54 bits per heavy atom. The molecule has 1 unspecified atom stereocenters. The van der Waals surface area contributed by atoms with Gasteiger partial charge in [-0.3, -0.25) is 9.59 Å². The topological polar surface area (TPSA) is 57.6 Å². The van der Waals surface area contributed by atoms with E-state index in [0.29, 0.717) is 10.8 Å². The van der Waals surface area contributed by atoms with Crippen LogP contribution in [0.1, 0.15) is 12.8 Å².